The number of nitrogens with zero attached hydrogens (tertiary/aromatic N) is 1. The maximum absolute atomic E-state index is 10.1. The zero-order valence-corrected chi connectivity index (χ0v) is 9.92. The molecule has 1 saturated heterocycles. The summed E-state index contributed by atoms with van der Waals surface area (Å²) in [4.78, 5) is 2.09. The topological polar surface area (TPSA) is 69.7 Å². The monoisotopic (exact) mass is 236 g/mol. The van der Waals surface area contributed by atoms with Crippen molar-refractivity contribution in [2.75, 3.05) is 25.4 Å². The number of hydrogen-bond acceptors (Lipinski definition) is 4. The fourth-order valence-electron chi connectivity index (χ4n) is 2.35. The summed E-state index contributed by atoms with van der Waals surface area (Å²) in [6, 6.07) is 7.38. The van der Waals surface area contributed by atoms with Gasteiger partial charge in [-0.2, -0.15) is 0 Å². The second-order valence-electron chi connectivity index (χ2n) is 4.70. The third kappa shape index (κ3) is 3.19. The van der Waals surface area contributed by atoms with Gasteiger partial charge in [0.2, 0.25) is 0 Å². The van der Waals surface area contributed by atoms with E-state index in [1.165, 1.54) is 0 Å². The second-order valence-corrected chi connectivity index (χ2v) is 4.70. The van der Waals surface area contributed by atoms with E-state index in [2.05, 4.69) is 4.90 Å². The summed E-state index contributed by atoms with van der Waals surface area (Å²) in [5, 5.41) is 19.7. The van der Waals surface area contributed by atoms with Crippen molar-refractivity contribution >= 4 is 5.69 Å². The molecule has 1 heterocycles. The Morgan fingerprint density at radius 1 is 1.41 bits per heavy atom. The first kappa shape index (κ1) is 12.4. The summed E-state index contributed by atoms with van der Waals surface area (Å²) >= 11 is 0. The molecule has 1 fully saturated rings. The number of benzene rings is 1. The van der Waals surface area contributed by atoms with Crippen molar-refractivity contribution < 1.29 is 10.2 Å². The molecule has 1 aliphatic heterocycles. The van der Waals surface area contributed by atoms with Crippen LogP contribution in [-0.4, -0.2) is 40.9 Å². The molecule has 0 aromatic heterocycles. The molecule has 4 nitrogen and oxygen atoms in total. The Kier molecular flexibility index (Phi) is 3.99. The van der Waals surface area contributed by atoms with Crippen molar-refractivity contribution in [1.29, 1.82) is 0 Å². The van der Waals surface area contributed by atoms with Crippen LogP contribution in [0.15, 0.2) is 24.3 Å². The number of likely N-dealkylation sites (tertiary alicyclic amines) is 1. The summed E-state index contributed by atoms with van der Waals surface area (Å²) in [5.41, 5.74) is 7.22. The molecule has 2 unspecified atom stereocenters. The van der Waals surface area contributed by atoms with E-state index in [-0.39, 0.29) is 6.10 Å². The molecule has 0 radical (unpaired) electrons. The number of para-hydroxylation sites is 1. The molecule has 17 heavy (non-hydrogen) atoms. The van der Waals surface area contributed by atoms with Crippen LogP contribution in [-0.2, 0) is 0 Å². The Balaban J connectivity index is 1.97. The van der Waals surface area contributed by atoms with E-state index in [4.69, 9.17) is 5.73 Å². The maximum atomic E-state index is 10.1. The first-order chi connectivity index (χ1) is 8.16. The zero-order chi connectivity index (χ0) is 12.3. The van der Waals surface area contributed by atoms with Crippen LogP contribution < -0.4 is 5.73 Å². The highest BCUT2D eigenvalue weighted by Crippen LogP contribution is 2.22. The minimum Gasteiger partial charge on any atom is -0.398 e. The summed E-state index contributed by atoms with van der Waals surface area (Å²) in [7, 11) is 0. The second kappa shape index (κ2) is 5.49. The normalized spacial score (nSPS) is 23.5. The molecule has 4 N–H and O–H groups in total. The summed E-state index contributed by atoms with van der Waals surface area (Å²) in [6.07, 6.45) is 1.00. The van der Waals surface area contributed by atoms with Crippen molar-refractivity contribution in [3.05, 3.63) is 29.8 Å². The van der Waals surface area contributed by atoms with E-state index < -0.39 is 6.10 Å². The van der Waals surface area contributed by atoms with Crippen LogP contribution in [0.3, 0.4) is 0 Å². The van der Waals surface area contributed by atoms with Gasteiger partial charge in [0.15, 0.2) is 0 Å². The minimum absolute atomic E-state index is 0.260. The van der Waals surface area contributed by atoms with Gasteiger partial charge in [0.25, 0.3) is 0 Å². The molecule has 0 spiro atoms. The summed E-state index contributed by atoms with van der Waals surface area (Å²) in [5.74, 6) is 0. The Morgan fingerprint density at radius 3 is 2.88 bits per heavy atom. The molecule has 1 aromatic carbocycles. The van der Waals surface area contributed by atoms with Crippen LogP contribution in [0.1, 0.15) is 24.5 Å². The smallest absolute Gasteiger partial charge is 0.0936 e. The van der Waals surface area contributed by atoms with Gasteiger partial charge in [-0.3, -0.25) is 4.90 Å². The summed E-state index contributed by atoms with van der Waals surface area (Å²) in [6.45, 7) is 2.11. The molecule has 4 heteroatoms. The van der Waals surface area contributed by atoms with E-state index in [1.54, 1.807) is 6.07 Å². The number of aliphatic hydroxyl groups excluding tert-OH is 2. The van der Waals surface area contributed by atoms with Crippen molar-refractivity contribution in [3.63, 3.8) is 0 Å². The average molecular weight is 236 g/mol. The number of β-amino-alcohol motifs (C(OH)–C–C–N with tert-alkyl or cyclic N) is 2. The van der Waals surface area contributed by atoms with E-state index in [9.17, 15) is 10.2 Å². The SMILES string of the molecule is Nc1ccccc1C(O)CN1CCCC(O)C1. The number of aliphatic hydroxyl groups is 2. The lowest BCUT2D eigenvalue weighted by atomic mass is 10.0. The van der Waals surface area contributed by atoms with E-state index in [0.29, 0.717) is 18.8 Å². The fraction of sp³-hybridized carbons (Fsp3) is 0.538. The Hall–Kier alpha value is -1.10. The lowest BCUT2D eigenvalue weighted by Crippen LogP contribution is -2.40. The first-order valence-corrected chi connectivity index (χ1v) is 6.09. The number of hydrogen-bond donors (Lipinski definition) is 3. The van der Waals surface area contributed by atoms with Crippen molar-refractivity contribution in [3.8, 4) is 0 Å². The molecule has 1 aliphatic rings. The molecule has 2 rings (SSSR count). The van der Waals surface area contributed by atoms with E-state index in [1.807, 2.05) is 18.2 Å². The Bertz CT molecular complexity index is 370. The van der Waals surface area contributed by atoms with E-state index >= 15 is 0 Å². The lowest BCUT2D eigenvalue weighted by molar-refractivity contribution is 0.0394. The molecular formula is C13H20N2O2. The van der Waals surface area contributed by atoms with Crippen molar-refractivity contribution in [1.82, 2.24) is 4.90 Å². The molecule has 0 bridgehead atoms. The highest BCUT2D eigenvalue weighted by Gasteiger charge is 2.21. The van der Waals surface area contributed by atoms with Crippen LogP contribution in [0.25, 0.3) is 0 Å². The quantitative estimate of drug-likeness (QED) is 0.678. The predicted molar refractivity (Wildman–Crippen MR) is 67.5 cm³/mol. The van der Waals surface area contributed by atoms with Gasteiger partial charge in [0.1, 0.15) is 0 Å². The van der Waals surface area contributed by atoms with Crippen LogP contribution in [0, 0.1) is 0 Å². The molecule has 0 aliphatic carbocycles. The van der Waals surface area contributed by atoms with Gasteiger partial charge < -0.3 is 15.9 Å². The number of nitrogens with two attached hydrogens (primary N) is 1. The number of rotatable bonds is 3. The number of piperidine rings is 1. The van der Waals surface area contributed by atoms with Gasteiger partial charge >= 0.3 is 0 Å². The van der Waals surface area contributed by atoms with Crippen LogP contribution in [0.4, 0.5) is 5.69 Å². The average Bonchev–Trinajstić information content (AvgIpc) is 2.29. The number of anilines is 1. The van der Waals surface area contributed by atoms with Crippen LogP contribution in [0.2, 0.25) is 0 Å². The molecule has 1 aromatic rings. The van der Waals surface area contributed by atoms with Crippen molar-refractivity contribution in [2.45, 2.75) is 25.0 Å². The van der Waals surface area contributed by atoms with Gasteiger partial charge in [-0.25, -0.2) is 0 Å². The Labute approximate surface area is 102 Å². The third-order valence-corrected chi connectivity index (χ3v) is 3.27. The molecule has 2 atom stereocenters. The highest BCUT2D eigenvalue weighted by molar-refractivity contribution is 5.47. The van der Waals surface area contributed by atoms with Crippen LogP contribution >= 0.6 is 0 Å². The van der Waals surface area contributed by atoms with Crippen molar-refractivity contribution in [2.24, 2.45) is 0 Å². The fourth-order valence-corrected chi connectivity index (χ4v) is 2.35. The largest absolute Gasteiger partial charge is 0.398 e. The Morgan fingerprint density at radius 2 is 2.18 bits per heavy atom. The minimum atomic E-state index is -0.582. The molecule has 0 amide bonds. The first-order valence-electron chi connectivity index (χ1n) is 6.09. The predicted octanol–water partition coefficient (Wildman–Crippen LogP) is 0.759. The van der Waals surface area contributed by atoms with Gasteiger partial charge in [-0.05, 0) is 25.5 Å². The standard InChI is InChI=1S/C13H20N2O2/c14-12-6-2-1-5-11(12)13(17)9-15-7-3-4-10(16)8-15/h1-2,5-6,10,13,16-17H,3-4,7-9,14H2. The van der Waals surface area contributed by atoms with Crippen LogP contribution in [0.5, 0.6) is 0 Å². The number of nitrogen functional groups attached to an aromatic ring is 1. The maximum Gasteiger partial charge on any atom is 0.0936 e. The molecular weight excluding hydrogens is 216 g/mol. The van der Waals surface area contributed by atoms with Gasteiger partial charge in [0.05, 0.1) is 12.2 Å². The molecule has 0 saturated carbocycles. The lowest BCUT2D eigenvalue weighted by Gasteiger charge is -2.31. The summed E-state index contributed by atoms with van der Waals surface area (Å²) < 4.78 is 0. The van der Waals surface area contributed by atoms with Gasteiger partial charge in [0, 0.05) is 24.3 Å². The van der Waals surface area contributed by atoms with E-state index in [0.717, 1.165) is 24.9 Å². The highest BCUT2D eigenvalue weighted by atomic mass is 16.3. The third-order valence-electron chi connectivity index (χ3n) is 3.27. The van der Waals surface area contributed by atoms with Gasteiger partial charge in [-0.15, -0.1) is 0 Å². The zero-order valence-electron chi connectivity index (χ0n) is 9.92. The van der Waals surface area contributed by atoms with Gasteiger partial charge in [-0.1, -0.05) is 18.2 Å². The molecule has 94 valence electrons.